The van der Waals surface area contributed by atoms with E-state index < -0.39 is 12.2 Å². The Bertz CT molecular complexity index is 245. The van der Waals surface area contributed by atoms with E-state index in [1.165, 1.54) is 5.69 Å². The first-order valence-corrected chi connectivity index (χ1v) is 4.89. The van der Waals surface area contributed by atoms with E-state index in [2.05, 4.69) is 24.4 Å². The lowest BCUT2D eigenvalue weighted by molar-refractivity contribution is 0.180. The summed E-state index contributed by atoms with van der Waals surface area (Å²) in [4.78, 5) is 0. The van der Waals surface area contributed by atoms with Crippen LogP contribution in [0, 0.1) is 0 Å². The van der Waals surface area contributed by atoms with Gasteiger partial charge in [-0.1, -0.05) is 18.2 Å². The molecule has 0 bridgehead atoms. The molecule has 0 aliphatic heterocycles. The van der Waals surface area contributed by atoms with Crippen LogP contribution in [0.4, 0.5) is 5.69 Å². The standard InChI is InChI=1S/C8H11N.C3H6O2/c1-2-9-8-6-4-3-5-7-8;4-2-1-3(2)5/h3-7,9H,2H2,1H3;2-5H,1H2. The minimum absolute atomic E-state index is 0.394. The van der Waals surface area contributed by atoms with Crippen molar-refractivity contribution in [2.75, 3.05) is 11.9 Å². The Morgan fingerprint density at radius 1 is 1.21 bits per heavy atom. The van der Waals surface area contributed by atoms with Crippen LogP contribution < -0.4 is 5.32 Å². The summed E-state index contributed by atoms with van der Waals surface area (Å²) >= 11 is 0. The maximum absolute atomic E-state index is 8.19. The van der Waals surface area contributed by atoms with Crippen LogP contribution in [-0.2, 0) is 0 Å². The highest BCUT2D eigenvalue weighted by Crippen LogP contribution is 2.18. The van der Waals surface area contributed by atoms with Gasteiger partial charge >= 0.3 is 0 Å². The molecule has 1 aliphatic rings. The molecule has 1 aromatic rings. The van der Waals surface area contributed by atoms with Crippen LogP contribution in [-0.4, -0.2) is 29.0 Å². The Balaban J connectivity index is 0.000000165. The van der Waals surface area contributed by atoms with Crippen LogP contribution >= 0.6 is 0 Å². The molecule has 0 spiro atoms. The number of aliphatic hydroxyl groups excluding tert-OH is 2. The molecule has 3 N–H and O–H groups in total. The lowest BCUT2D eigenvalue weighted by atomic mass is 10.3. The van der Waals surface area contributed by atoms with E-state index in [1.807, 2.05) is 18.2 Å². The number of nitrogens with one attached hydrogen (secondary N) is 1. The second-order valence-corrected chi connectivity index (χ2v) is 3.27. The van der Waals surface area contributed by atoms with E-state index in [9.17, 15) is 0 Å². The molecule has 1 aromatic carbocycles. The van der Waals surface area contributed by atoms with Crippen molar-refractivity contribution in [2.24, 2.45) is 0 Å². The zero-order valence-corrected chi connectivity index (χ0v) is 8.35. The van der Waals surface area contributed by atoms with Crippen molar-refractivity contribution in [1.29, 1.82) is 0 Å². The molecule has 78 valence electrons. The van der Waals surface area contributed by atoms with Crippen LogP contribution in [0.1, 0.15) is 13.3 Å². The second-order valence-electron chi connectivity index (χ2n) is 3.27. The van der Waals surface area contributed by atoms with Gasteiger partial charge in [0.1, 0.15) is 0 Å². The number of aliphatic hydroxyl groups is 2. The molecule has 0 aromatic heterocycles. The highest BCUT2D eigenvalue weighted by molar-refractivity contribution is 5.41. The first-order valence-electron chi connectivity index (χ1n) is 4.89. The van der Waals surface area contributed by atoms with Crippen molar-refractivity contribution in [1.82, 2.24) is 0 Å². The van der Waals surface area contributed by atoms with Gasteiger partial charge in [-0.3, -0.25) is 0 Å². The molecule has 0 amide bonds. The van der Waals surface area contributed by atoms with Crippen molar-refractivity contribution >= 4 is 5.69 Å². The molecule has 3 nitrogen and oxygen atoms in total. The van der Waals surface area contributed by atoms with Gasteiger partial charge in [0.05, 0.1) is 12.2 Å². The van der Waals surface area contributed by atoms with E-state index in [1.54, 1.807) is 0 Å². The summed E-state index contributed by atoms with van der Waals surface area (Å²) in [5.74, 6) is 0. The first-order chi connectivity index (χ1) is 6.74. The molecule has 0 radical (unpaired) electrons. The van der Waals surface area contributed by atoms with Crippen LogP contribution in [0.25, 0.3) is 0 Å². The average Bonchev–Trinajstić information content (AvgIpc) is 2.83. The van der Waals surface area contributed by atoms with E-state index in [0.717, 1.165) is 6.54 Å². The maximum Gasteiger partial charge on any atom is 0.0825 e. The Kier molecular flexibility index (Phi) is 4.43. The average molecular weight is 195 g/mol. The summed E-state index contributed by atoms with van der Waals surface area (Å²) in [7, 11) is 0. The molecular weight excluding hydrogens is 178 g/mol. The molecule has 2 rings (SSSR count). The van der Waals surface area contributed by atoms with Gasteiger partial charge in [-0.05, 0) is 19.1 Å². The molecule has 0 saturated heterocycles. The molecule has 2 unspecified atom stereocenters. The van der Waals surface area contributed by atoms with Gasteiger partial charge in [-0.25, -0.2) is 0 Å². The van der Waals surface area contributed by atoms with Crippen LogP contribution in [0.15, 0.2) is 30.3 Å². The van der Waals surface area contributed by atoms with Crippen molar-refractivity contribution in [3.63, 3.8) is 0 Å². The summed E-state index contributed by atoms with van der Waals surface area (Å²) in [6.45, 7) is 3.08. The lowest BCUT2D eigenvalue weighted by Crippen LogP contribution is -1.94. The topological polar surface area (TPSA) is 52.5 Å². The fourth-order valence-electron chi connectivity index (χ4n) is 0.929. The molecule has 2 atom stereocenters. The van der Waals surface area contributed by atoms with Gasteiger partial charge in [0, 0.05) is 18.7 Å². The largest absolute Gasteiger partial charge is 0.390 e. The van der Waals surface area contributed by atoms with Gasteiger partial charge in [0.15, 0.2) is 0 Å². The van der Waals surface area contributed by atoms with Crippen molar-refractivity contribution in [2.45, 2.75) is 25.6 Å². The third-order valence-electron chi connectivity index (χ3n) is 1.88. The van der Waals surface area contributed by atoms with Gasteiger partial charge in [0.2, 0.25) is 0 Å². The summed E-state index contributed by atoms with van der Waals surface area (Å²) in [6.07, 6.45) is -0.204. The van der Waals surface area contributed by atoms with E-state index >= 15 is 0 Å². The normalized spacial score (nSPS) is 23.4. The smallest absolute Gasteiger partial charge is 0.0825 e. The van der Waals surface area contributed by atoms with Gasteiger partial charge < -0.3 is 15.5 Å². The summed E-state index contributed by atoms with van der Waals surface area (Å²) < 4.78 is 0. The molecular formula is C11H17NO2. The Hall–Kier alpha value is -1.06. The molecule has 3 heteroatoms. The quantitative estimate of drug-likeness (QED) is 0.665. The predicted molar refractivity (Wildman–Crippen MR) is 57.2 cm³/mol. The monoisotopic (exact) mass is 195 g/mol. The minimum Gasteiger partial charge on any atom is -0.390 e. The Morgan fingerprint density at radius 2 is 1.71 bits per heavy atom. The van der Waals surface area contributed by atoms with Crippen LogP contribution in [0.5, 0.6) is 0 Å². The second kappa shape index (κ2) is 5.62. The SMILES string of the molecule is CCNc1ccccc1.OC1CC1O. The fraction of sp³-hybridized carbons (Fsp3) is 0.455. The minimum atomic E-state index is -0.394. The van der Waals surface area contributed by atoms with Crippen molar-refractivity contribution in [3.05, 3.63) is 30.3 Å². The van der Waals surface area contributed by atoms with Crippen molar-refractivity contribution < 1.29 is 10.2 Å². The molecule has 0 heterocycles. The molecule has 14 heavy (non-hydrogen) atoms. The third-order valence-corrected chi connectivity index (χ3v) is 1.88. The maximum atomic E-state index is 8.19. The first kappa shape index (κ1) is 11.0. The van der Waals surface area contributed by atoms with Gasteiger partial charge in [-0.2, -0.15) is 0 Å². The number of rotatable bonds is 2. The van der Waals surface area contributed by atoms with Gasteiger partial charge in [-0.15, -0.1) is 0 Å². The number of benzene rings is 1. The highest BCUT2D eigenvalue weighted by atomic mass is 16.3. The summed E-state index contributed by atoms with van der Waals surface area (Å²) in [5, 5.41) is 19.6. The van der Waals surface area contributed by atoms with Gasteiger partial charge in [0.25, 0.3) is 0 Å². The van der Waals surface area contributed by atoms with E-state index in [0.29, 0.717) is 6.42 Å². The number of anilines is 1. The van der Waals surface area contributed by atoms with Crippen LogP contribution in [0.2, 0.25) is 0 Å². The highest BCUT2D eigenvalue weighted by Gasteiger charge is 2.32. The molecule has 1 fully saturated rings. The zero-order valence-electron chi connectivity index (χ0n) is 8.35. The Morgan fingerprint density at radius 3 is 2.07 bits per heavy atom. The molecule has 1 aliphatic carbocycles. The van der Waals surface area contributed by atoms with E-state index in [4.69, 9.17) is 10.2 Å². The van der Waals surface area contributed by atoms with Crippen LogP contribution in [0.3, 0.4) is 0 Å². The third kappa shape index (κ3) is 4.25. The molecule has 1 saturated carbocycles. The number of hydrogen-bond acceptors (Lipinski definition) is 3. The number of hydrogen-bond donors (Lipinski definition) is 3. The number of para-hydroxylation sites is 1. The Labute approximate surface area is 84.4 Å². The summed E-state index contributed by atoms with van der Waals surface area (Å²) in [5.41, 5.74) is 1.19. The lowest BCUT2D eigenvalue weighted by Gasteiger charge is -1.99. The zero-order chi connectivity index (χ0) is 10.4. The van der Waals surface area contributed by atoms with Crippen molar-refractivity contribution in [3.8, 4) is 0 Å². The summed E-state index contributed by atoms with van der Waals surface area (Å²) in [6, 6.07) is 10.2. The fourth-order valence-corrected chi connectivity index (χ4v) is 0.929. The predicted octanol–water partition coefficient (Wildman–Crippen LogP) is 1.23. The van der Waals surface area contributed by atoms with E-state index in [-0.39, 0.29) is 0 Å².